The van der Waals surface area contributed by atoms with Crippen LogP contribution < -0.4 is 5.73 Å². The van der Waals surface area contributed by atoms with E-state index in [0.717, 1.165) is 0 Å². The third-order valence-corrected chi connectivity index (χ3v) is 3.01. The minimum atomic E-state index is -2.55. The largest absolute Gasteiger partial charge is 0.409 e. The van der Waals surface area contributed by atoms with Gasteiger partial charge in [0.15, 0.2) is 5.82 Å². The van der Waals surface area contributed by atoms with Crippen LogP contribution in [0.3, 0.4) is 0 Å². The summed E-state index contributed by atoms with van der Waals surface area (Å²) in [5, 5.41) is 11.4. The summed E-state index contributed by atoms with van der Waals surface area (Å²) in [5.74, 6) is -2.45. The minimum absolute atomic E-state index is 0.0642. The van der Waals surface area contributed by atoms with E-state index in [4.69, 9.17) is 10.9 Å². The molecule has 0 saturated heterocycles. The summed E-state index contributed by atoms with van der Waals surface area (Å²) in [6, 6.07) is 0. The lowest BCUT2D eigenvalue weighted by Crippen LogP contribution is -2.21. The fourth-order valence-corrected chi connectivity index (χ4v) is 2.21. The molecule has 1 unspecified atom stereocenters. The van der Waals surface area contributed by atoms with Crippen molar-refractivity contribution in [3.8, 4) is 0 Å². The van der Waals surface area contributed by atoms with Gasteiger partial charge in [-0.05, 0) is 12.3 Å². The number of halogens is 2. The van der Waals surface area contributed by atoms with E-state index in [1.54, 1.807) is 10.8 Å². The Labute approximate surface area is 96.9 Å². The molecule has 1 aliphatic rings. The standard InChI is InChI=1S/C10H14F2N4O/c11-10(12)2-1-7(5-10)6-16-4-3-14-9(16)8(13)15-17/h3-4,7,17H,1-2,5-6H2,(H2,13,15). The first kappa shape index (κ1) is 11.8. The maximum atomic E-state index is 13.0. The van der Waals surface area contributed by atoms with Gasteiger partial charge in [0.05, 0.1) is 0 Å². The molecule has 1 aromatic heterocycles. The van der Waals surface area contributed by atoms with E-state index in [-0.39, 0.29) is 24.6 Å². The van der Waals surface area contributed by atoms with Crippen molar-refractivity contribution in [2.45, 2.75) is 31.7 Å². The molecule has 1 atom stereocenters. The van der Waals surface area contributed by atoms with Gasteiger partial charge in [0, 0.05) is 31.8 Å². The van der Waals surface area contributed by atoms with Crippen molar-refractivity contribution in [1.82, 2.24) is 9.55 Å². The van der Waals surface area contributed by atoms with E-state index in [0.29, 0.717) is 18.8 Å². The van der Waals surface area contributed by atoms with Crippen molar-refractivity contribution >= 4 is 5.84 Å². The number of rotatable bonds is 3. The van der Waals surface area contributed by atoms with Crippen molar-refractivity contribution in [2.75, 3.05) is 0 Å². The zero-order chi connectivity index (χ0) is 12.5. The number of amidine groups is 1. The van der Waals surface area contributed by atoms with Crippen molar-refractivity contribution < 1.29 is 14.0 Å². The van der Waals surface area contributed by atoms with Crippen LogP contribution in [0.4, 0.5) is 8.78 Å². The normalized spacial score (nSPS) is 24.1. The molecule has 7 heteroatoms. The molecule has 5 nitrogen and oxygen atoms in total. The number of hydrogen-bond donors (Lipinski definition) is 2. The highest BCUT2D eigenvalue weighted by atomic mass is 19.3. The second kappa shape index (κ2) is 4.31. The number of nitrogens with two attached hydrogens (primary N) is 1. The van der Waals surface area contributed by atoms with Crippen molar-refractivity contribution in [3.63, 3.8) is 0 Å². The van der Waals surface area contributed by atoms with Gasteiger partial charge in [0.25, 0.3) is 0 Å². The third kappa shape index (κ3) is 2.54. The summed E-state index contributed by atoms with van der Waals surface area (Å²) in [6.45, 7) is 0.418. The van der Waals surface area contributed by atoms with Crippen LogP contribution in [-0.4, -0.2) is 26.5 Å². The Kier molecular flexibility index (Phi) is 2.99. The lowest BCUT2D eigenvalue weighted by molar-refractivity contribution is 0.00435. The highest BCUT2D eigenvalue weighted by Crippen LogP contribution is 2.39. The van der Waals surface area contributed by atoms with E-state index in [2.05, 4.69) is 10.1 Å². The van der Waals surface area contributed by atoms with Crippen molar-refractivity contribution in [2.24, 2.45) is 16.8 Å². The highest BCUT2D eigenvalue weighted by molar-refractivity contribution is 5.93. The molecule has 17 heavy (non-hydrogen) atoms. The Morgan fingerprint density at radius 3 is 3.06 bits per heavy atom. The zero-order valence-corrected chi connectivity index (χ0v) is 9.18. The molecule has 0 amide bonds. The van der Waals surface area contributed by atoms with Gasteiger partial charge in [0.1, 0.15) is 0 Å². The molecule has 0 radical (unpaired) electrons. The maximum absolute atomic E-state index is 13.0. The molecule has 0 aromatic carbocycles. The quantitative estimate of drug-likeness (QED) is 0.365. The molecular weight excluding hydrogens is 230 g/mol. The lowest BCUT2D eigenvalue weighted by atomic mass is 10.1. The topological polar surface area (TPSA) is 76.4 Å². The second-order valence-electron chi connectivity index (χ2n) is 4.35. The molecule has 2 rings (SSSR count). The minimum Gasteiger partial charge on any atom is -0.409 e. The summed E-state index contributed by atoms with van der Waals surface area (Å²) >= 11 is 0. The Hall–Kier alpha value is -1.66. The maximum Gasteiger partial charge on any atom is 0.248 e. The molecule has 1 saturated carbocycles. The summed E-state index contributed by atoms with van der Waals surface area (Å²) in [5.41, 5.74) is 5.44. The van der Waals surface area contributed by atoms with Gasteiger partial charge in [-0.2, -0.15) is 0 Å². The lowest BCUT2D eigenvalue weighted by Gasteiger charge is -2.13. The zero-order valence-electron chi connectivity index (χ0n) is 9.18. The SMILES string of the molecule is N/C(=N/O)c1nccn1CC1CCC(F)(F)C1. The fraction of sp³-hybridized carbons (Fsp3) is 0.600. The fourth-order valence-electron chi connectivity index (χ4n) is 2.21. The van der Waals surface area contributed by atoms with E-state index in [1.165, 1.54) is 6.20 Å². The van der Waals surface area contributed by atoms with Crippen LogP contribution in [0, 0.1) is 5.92 Å². The number of imidazole rings is 1. The summed E-state index contributed by atoms with van der Waals surface area (Å²) in [6.07, 6.45) is 3.46. The van der Waals surface area contributed by atoms with Crippen LogP contribution in [-0.2, 0) is 6.54 Å². The van der Waals surface area contributed by atoms with Gasteiger partial charge in [-0.25, -0.2) is 13.8 Å². The van der Waals surface area contributed by atoms with Gasteiger partial charge in [-0.1, -0.05) is 5.16 Å². The van der Waals surface area contributed by atoms with Crippen LogP contribution in [0.15, 0.2) is 17.5 Å². The highest BCUT2D eigenvalue weighted by Gasteiger charge is 2.39. The van der Waals surface area contributed by atoms with Gasteiger partial charge >= 0.3 is 0 Å². The molecule has 1 aromatic rings. The van der Waals surface area contributed by atoms with Crippen LogP contribution in [0.1, 0.15) is 25.1 Å². The number of nitrogens with zero attached hydrogens (tertiary/aromatic N) is 3. The summed E-state index contributed by atoms with van der Waals surface area (Å²) in [4.78, 5) is 3.93. The van der Waals surface area contributed by atoms with E-state index >= 15 is 0 Å². The number of oxime groups is 1. The molecule has 94 valence electrons. The summed E-state index contributed by atoms with van der Waals surface area (Å²) < 4.78 is 27.7. The van der Waals surface area contributed by atoms with E-state index < -0.39 is 5.92 Å². The third-order valence-electron chi connectivity index (χ3n) is 3.01. The Morgan fingerprint density at radius 1 is 1.71 bits per heavy atom. The van der Waals surface area contributed by atoms with E-state index in [1.807, 2.05) is 0 Å². The second-order valence-corrected chi connectivity index (χ2v) is 4.35. The Morgan fingerprint density at radius 2 is 2.47 bits per heavy atom. The molecule has 0 aliphatic heterocycles. The predicted molar refractivity (Wildman–Crippen MR) is 57.0 cm³/mol. The first-order valence-electron chi connectivity index (χ1n) is 5.39. The number of alkyl halides is 2. The van der Waals surface area contributed by atoms with Crippen LogP contribution in [0.5, 0.6) is 0 Å². The van der Waals surface area contributed by atoms with Gasteiger partial charge in [0.2, 0.25) is 11.8 Å². The smallest absolute Gasteiger partial charge is 0.248 e. The molecular formula is C10H14F2N4O. The van der Waals surface area contributed by atoms with Crippen LogP contribution in [0.2, 0.25) is 0 Å². The van der Waals surface area contributed by atoms with E-state index in [9.17, 15) is 8.78 Å². The average Bonchev–Trinajstić information content (AvgIpc) is 2.85. The van der Waals surface area contributed by atoms with Crippen LogP contribution >= 0.6 is 0 Å². The molecule has 0 spiro atoms. The predicted octanol–water partition coefficient (Wildman–Crippen LogP) is 1.41. The van der Waals surface area contributed by atoms with Gasteiger partial charge in [-0.3, -0.25) is 0 Å². The van der Waals surface area contributed by atoms with Gasteiger partial charge < -0.3 is 15.5 Å². The average molecular weight is 244 g/mol. The number of aromatic nitrogens is 2. The first-order valence-corrected chi connectivity index (χ1v) is 5.39. The molecule has 1 fully saturated rings. The number of hydrogen-bond acceptors (Lipinski definition) is 3. The Balaban J connectivity index is 2.08. The van der Waals surface area contributed by atoms with Crippen molar-refractivity contribution in [1.29, 1.82) is 0 Å². The van der Waals surface area contributed by atoms with Crippen molar-refractivity contribution in [3.05, 3.63) is 18.2 Å². The Bertz CT molecular complexity index is 430. The molecule has 1 aliphatic carbocycles. The first-order chi connectivity index (χ1) is 8.02. The van der Waals surface area contributed by atoms with Crippen LogP contribution in [0.25, 0.3) is 0 Å². The van der Waals surface area contributed by atoms with Gasteiger partial charge in [-0.15, -0.1) is 0 Å². The molecule has 3 N–H and O–H groups in total. The summed E-state index contributed by atoms with van der Waals surface area (Å²) in [7, 11) is 0. The monoisotopic (exact) mass is 244 g/mol. The molecule has 0 bridgehead atoms. The molecule has 1 heterocycles.